The van der Waals surface area contributed by atoms with Gasteiger partial charge in [-0.3, -0.25) is 20.2 Å². The van der Waals surface area contributed by atoms with Gasteiger partial charge in [-0.25, -0.2) is 0 Å². The van der Waals surface area contributed by atoms with E-state index < -0.39 is 15.7 Å². The number of hydrogen-bond donors (Lipinski definition) is 0. The lowest BCUT2D eigenvalue weighted by Gasteiger charge is -1.80. The highest BCUT2D eigenvalue weighted by Crippen LogP contribution is 1.92. The van der Waals surface area contributed by atoms with Crippen molar-refractivity contribution in [3.63, 3.8) is 0 Å². The first-order valence-electron chi connectivity index (χ1n) is 1.93. The third kappa shape index (κ3) is 1.86. The van der Waals surface area contributed by atoms with E-state index in [9.17, 15) is 20.2 Å². The maximum absolute atomic E-state index is 9.67. The van der Waals surface area contributed by atoms with Crippen LogP contribution >= 0.6 is 0 Å². The Morgan fingerprint density at radius 3 is 1.90 bits per heavy atom. The minimum absolute atomic E-state index is 1.25. The molecule has 0 unspecified atom stereocenters. The Kier molecular flexibility index (Phi) is 2.50. The number of hydrogen-bond acceptors (Lipinski definition) is 4. The van der Waals surface area contributed by atoms with E-state index in [2.05, 4.69) is 0 Å². The van der Waals surface area contributed by atoms with Gasteiger partial charge in [-0.1, -0.05) is 0 Å². The molecule has 0 bridgehead atoms. The summed E-state index contributed by atoms with van der Waals surface area (Å²) in [5.74, 6) is -0.0695. The van der Waals surface area contributed by atoms with E-state index in [1.807, 2.05) is 0 Å². The summed E-state index contributed by atoms with van der Waals surface area (Å²) in [5, 5.41) is 19.3. The Hall–Kier alpha value is -1.99. The monoisotopic (exact) mass is 140 g/mol. The molecule has 0 saturated heterocycles. The molecule has 0 fully saturated rings. The Morgan fingerprint density at radius 2 is 1.80 bits per heavy atom. The zero-order valence-corrected chi connectivity index (χ0v) is 4.53. The van der Waals surface area contributed by atoms with Gasteiger partial charge in [0.05, 0.1) is 0 Å². The van der Waals surface area contributed by atoms with Crippen LogP contribution in [0.1, 0.15) is 0 Å². The van der Waals surface area contributed by atoms with E-state index in [1.165, 1.54) is 12.0 Å². The van der Waals surface area contributed by atoms with E-state index in [-0.39, 0.29) is 0 Å². The molecule has 0 aromatic heterocycles. The minimum Gasteiger partial charge on any atom is -0.253 e. The van der Waals surface area contributed by atoms with Crippen molar-refractivity contribution in [2.24, 2.45) is 0 Å². The van der Waals surface area contributed by atoms with E-state index in [0.717, 1.165) is 0 Å². The molecule has 0 spiro atoms. The standard InChI is InChI=1S/C4N2O4/c1-2-3-4(5(7)8)6(9)10. The zero-order valence-electron chi connectivity index (χ0n) is 4.53. The van der Waals surface area contributed by atoms with Crippen molar-refractivity contribution in [3.05, 3.63) is 38.5 Å². The average Bonchev–Trinajstić information content (AvgIpc) is 1.81. The second-order valence-electron chi connectivity index (χ2n) is 1.09. The average molecular weight is 140 g/mol. The van der Waals surface area contributed by atoms with E-state index >= 15 is 0 Å². The van der Waals surface area contributed by atoms with Gasteiger partial charge >= 0.3 is 5.82 Å². The number of nitro groups is 2. The second kappa shape index (κ2) is 3.12. The van der Waals surface area contributed by atoms with Crippen LogP contribution in [-0.2, 0) is 0 Å². The van der Waals surface area contributed by atoms with Gasteiger partial charge in [0.1, 0.15) is 15.9 Å². The fraction of sp³-hybridized carbons (Fsp3) is 0. The third-order valence-electron chi connectivity index (χ3n) is 0.520. The molecular weight excluding hydrogens is 140 g/mol. The van der Waals surface area contributed by atoms with Crippen molar-refractivity contribution in [2.45, 2.75) is 0 Å². The molecule has 0 atom stereocenters. The Bertz CT molecular complexity index is 220. The van der Waals surface area contributed by atoms with Crippen molar-refractivity contribution < 1.29 is 9.85 Å². The van der Waals surface area contributed by atoms with Gasteiger partial charge < -0.3 is 0 Å². The first kappa shape index (κ1) is 8.01. The molecule has 10 heavy (non-hydrogen) atoms. The van der Waals surface area contributed by atoms with Crippen LogP contribution in [0.25, 0.3) is 0 Å². The highest BCUT2D eigenvalue weighted by molar-refractivity contribution is 4.95. The van der Waals surface area contributed by atoms with Crippen LogP contribution in [0.5, 0.6) is 0 Å². The lowest BCUT2D eigenvalue weighted by atomic mass is 10.6. The van der Waals surface area contributed by atoms with E-state index in [0.29, 0.717) is 0 Å². The second-order valence-corrected chi connectivity index (χ2v) is 1.09. The normalized spacial score (nSPS) is 7.10. The number of rotatable bonds is 2. The van der Waals surface area contributed by atoms with Gasteiger partial charge in [-0.15, -0.1) is 0 Å². The molecule has 50 valence electrons. The first-order chi connectivity index (χ1) is 4.59. The van der Waals surface area contributed by atoms with Crippen molar-refractivity contribution in [3.8, 4) is 5.92 Å². The molecule has 0 aliphatic carbocycles. The molecule has 0 aromatic carbocycles. The largest absolute Gasteiger partial charge is 0.614 e. The number of allylic oxidation sites excluding steroid dienone is 1. The lowest BCUT2D eigenvalue weighted by molar-refractivity contribution is -0.616. The fourth-order valence-corrected chi connectivity index (χ4v) is 0.214. The molecule has 6 heteroatoms. The van der Waals surface area contributed by atoms with Crippen molar-refractivity contribution in [1.29, 1.82) is 0 Å². The van der Waals surface area contributed by atoms with Crippen molar-refractivity contribution >= 4 is 0 Å². The lowest BCUT2D eigenvalue weighted by Crippen LogP contribution is -2.08. The van der Waals surface area contributed by atoms with Crippen LogP contribution < -0.4 is 0 Å². The summed E-state index contributed by atoms with van der Waals surface area (Å²) in [6, 6.07) is 0. The molecule has 0 saturated carbocycles. The zero-order chi connectivity index (χ0) is 8.15. The minimum atomic E-state index is -1.38. The van der Waals surface area contributed by atoms with E-state index in [1.54, 1.807) is 0 Å². The summed E-state index contributed by atoms with van der Waals surface area (Å²) < 4.78 is 0. The SMILES string of the molecule is [C-]#C[C+]=C([N+](=O)[O-])[N+](=O)[O-]. The summed E-state index contributed by atoms with van der Waals surface area (Å²) in [4.78, 5) is 16.8. The van der Waals surface area contributed by atoms with Crippen LogP contribution in [0.3, 0.4) is 0 Å². The molecule has 6 nitrogen and oxygen atoms in total. The molecule has 0 aromatic rings. The maximum Gasteiger partial charge on any atom is 0.614 e. The first-order valence-corrected chi connectivity index (χ1v) is 1.93. The van der Waals surface area contributed by atoms with Crippen LogP contribution in [0, 0.1) is 38.6 Å². The van der Waals surface area contributed by atoms with Gasteiger partial charge in [0, 0.05) is 5.92 Å². The van der Waals surface area contributed by atoms with Crippen molar-refractivity contribution in [1.82, 2.24) is 0 Å². The molecular formula is C4N2O4. The van der Waals surface area contributed by atoms with Crippen molar-refractivity contribution in [2.75, 3.05) is 0 Å². The van der Waals surface area contributed by atoms with Gasteiger partial charge in [-0.2, -0.15) is 0 Å². The summed E-state index contributed by atoms with van der Waals surface area (Å²) in [5.41, 5.74) is 0. The summed E-state index contributed by atoms with van der Waals surface area (Å²) in [6.07, 6.45) is 7.55. The number of nitrogens with zero attached hydrogens (tertiary/aromatic N) is 2. The summed E-state index contributed by atoms with van der Waals surface area (Å²) in [6.45, 7) is 0. The van der Waals surface area contributed by atoms with Gasteiger partial charge in [0.2, 0.25) is 0 Å². The van der Waals surface area contributed by atoms with Gasteiger partial charge in [0.15, 0.2) is 0 Å². The van der Waals surface area contributed by atoms with Crippen LogP contribution in [0.2, 0.25) is 0 Å². The summed E-state index contributed by atoms with van der Waals surface area (Å²) >= 11 is 0. The highest BCUT2D eigenvalue weighted by Gasteiger charge is 2.25. The Labute approximate surface area is 55.4 Å². The quantitative estimate of drug-likeness (QED) is 0.229. The van der Waals surface area contributed by atoms with Crippen LogP contribution in [0.15, 0.2) is 5.82 Å². The summed E-state index contributed by atoms with van der Waals surface area (Å²) in [7, 11) is 0. The van der Waals surface area contributed by atoms with Gasteiger partial charge in [-0.05, 0) is 6.42 Å². The molecule has 0 radical (unpaired) electrons. The molecule has 0 aliphatic heterocycles. The predicted octanol–water partition coefficient (Wildman–Crippen LogP) is -0.226. The fourth-order valence-electron chi connectivity index (χ4n) is 0.214. The predicted molar refractivity (Wildman–Crippen MR) is 27.9 cm³/mol. The molecule has 0 heterocycles. The molecule has 0 rings (SSSR count). The molecule has 0 amide bonds. The molecule has 0 aliphatic rings. The van der Waals surface area contributed by atoms with E-state index in [4.69, 9.17) is 6.42 Å². The van der Waals surface area contributed by atoms with Gasteiger partial charge in [0.25, 0.3) is 0 Å². The Balaban J connectivity index is 4.64. The molecule has 0 N–H and O–H groups in total. The van der Waals surface area contributed by atoms with Crippen LogP contribution in [-0.4, -0.2) is 9.85 Å². The third-order valence-corrected chi connectivity index (χ3v) is 0.520. The smallest absolute Gasteiger partial charge is 0.253 e. The maximum atomic E-state index is 9.67. The topological polar surface area (TPSA) is 86.3 Å². The van der Waals surface area contributed by atoms with Crippen LogP contribution in [0.4, 0.5) is 0 Å². The Morgan fingerprint density at radius 1 is 1.40 bits per heavy atom. The highest BCUT2D eigenvalue weighted by atomic mass is 16.7.